The van der Waals surface area contributed by atoms with Crippen molar-refractivity contribution in [2.24, 2.45) is 5.16 Å². The number of oxime groups is 1. The van der Waals surface area contributed by atoms with E-state index in [0.717, 1.165) is 16.8 Å². The highest BCUT2D eigenvalue weighted by Crippen LogP contribution is 2.31. The first-order valence-corrected chi connectivity index (χ1v) is 9.41. The van der Waals surface area contributed by atoms with Crippen molar-refractivity contribution in [2.75, 3.05) is 6.61 Å². The van der Waals surface area contributed by atoms with E-state index in [9.17, 15) is 0 Å². The summed E-state index contributed by atoms with van der Waals surface area (Å²) in [5.41, 5.74) is 2.66. The first kappa shape index (κ1) is 21.4. The Balaban J connectivity index is 0.000000589. The third-order valence-corrected chi connectivity index (χ3v) is 4.65. The van der Waals surface area contributed by atoms with Crippen LogP contribution in [0.15, 0.2) is 66.3 Å². The highest BCUT2D eigenvalue weighted by atomic mass is 35.5. The molecular weight excluding hydrogens is 435 g/mol. The van der Waals surface area contributed by atoms with Gasteiger partial charge in [0.15, 0.2) is 6.04 Å². The summed E-state index contributed by atoms with van der Waals surface area (Å²) in [6.07, 6.45) is 5.65. The first-order chi connectivity index (χ1) is 14.4. The summed E-state index contributed by atoms with van der Waals surface area (Å²) in [5, 5.41) is 20.5. The maximum absolute atomic E-state index is 8.25. The molecule has 1 atom stereocenters. The van der Waals surface area contributed by atoms with E-state index < -0.39 is 5.09 Å². The molecule has 9 nitrogen and oxygen atoms in total. The summed E-state index contributed by atoms with van der Waals surface area (Å²) in [6.45, 7) is 0.800. The van der Waals surface area contributed by atoms with Crippen LogP contribution in [0.5, 0.6) is 5.75 Å². The lowest BCUT2D eigenvalue weighted by Crippen LogP contribution is -2.48. The van der Waals surface area contributed by atoms with E-state index in [2.05, 4.69) is 10.1 Å². The predicted molar refractivity (Wildman–Crippen MR) is 110 cm³/mol. The first-order valence-electron chi connectivity index (χ1n) is 8.66. The topological polar surface area (TPSA) is 117 Å². The van der Waals surface area contributed by atoms with Crippen molar-refractivity contribution in [3.05, 3.63) is 97.7 Å². The van der Waals surface area contributed by atoms with Crippen LogP contribution in [0.4, 0.5) is 0 Å². The van der Waals surface area contributed by atoms with Crippen LogP contribution in [0.25, 0.3) is 0 Å². The van der Waals surface area contributed by atoms with E-state index in [4.69, 9.17) is 48.1 Å². The number of nitrogens with one attached hydrogen (secondary N) is 1. The lowest BCUT2D eigenvalue weighted by Gasteiger charge is -2.24. The second kappa shape index (κ2) is 9.95. The normalized spacial score (nSPS) is 16.1. The number of halogens is 2. The molecule has 1 aliphatic rings. The van der Waals surface area contributed by atoms with Crippen molar-refractivity contribution in [1.29, 1.82) is 0 Å². The SMILES string of the molecule is Clc1ccc(CO/N=C2/c3ccc(Cl)cc3OCC2[n+]2cc[nH]c2)cc1.O=[N+]([O-])[O-]. The van der Waals surface area contributed by atoms with Crippen LogP contribution in [0.2, 0.25) is 10.0 Å². The Hall–Kier alpha value is -3.30. The Morgan fingerprint density at radius 2 is 1.90 bits per heavy atom. The molecule has 30 heavy (non-hydrogen) atoms. The summed E-state index contributed by atoms with van der Waals surface area (Å²) in [6, 6.07) is 12.9. The van der Waals surface area contributed by atoms with Crippen molar-refractivity contribution >= 4 is 28.9 Å². The fourth-order valence-electron chi connectivity index (χ4n) is 2.84. The molecule has 0 saturated carbocycles. The third-order valence-electron chi connectivity index (χ3n) is 4.17. The van der Waals surface area contributed by atoms with Gasteiger partial charge in [-0.3, -0.25) is 4.98 Å². The van der Waals surface area contributed by atoms with Crippen LogP contribution in [0, 0.1) is 15.3 Å². The zero-order valence-electron chi connectivity index (χ0n) is 15.4. The van der Waals surface area contributed by atoms with Crippen molar-refractivity contribution in [3.8, 4) is 5.75 Å². The van der Waals surface area contributed by atoms with Crippen LogP contribution < -0.4 is 9.30 Å². The second-order valence-corrected chi connectivity index (χ2v) is 7.00. The molecular formula is C19H16Cl2N4O5. The molecule has 156 valence electrons. The summed E-state index contributed by atoms with van der Waals surface area (Å²) in [5.74, 6) is 0.707. The number of rotatable bonds is 4. The Kier molecular flexibility index (Phi) is 7.10. The minimum absolute atomic E-state index is 0.0971. The van der Waals surface area contributed by atoms with Gasteiger partial charge in [0.1, 0.15) is 37.1 Å². The van der Waals surface area contributed by atoms with Gasteiger partial charge in [0.2, 0.25) is 6.33 Å². The number of hydrogen-bond acceptors (Lipinski definition) is 6. The Bertz CT molecular complexity index is 1020. The molecule has 0 amide bonds. The molecule has 2 heterocycles. The molecule has 1 aliphatic heterocycles. The van der Waals surface area contributed by atoms with Gasteiger partial charge >= 0.3 is 0 Å². The Labute approximate surface area is 181 Å². The number of nitrogens with zero attached hydrogens (tertiary/aromatic N) is 3. The number of ether oxygens (including phenoxy) is 1. The standard InChI is InChI=1S/C19H15Cl2N3O2.NO3/c20-14-3-1-13(2-4-14)10-26-23-19-16-6-5-15(21)9-18(16)25-11-17(19)24-8-7-22-12-24;2-1(3)4/h1-9,12,17H,10-11H2;/q;-1/p+1/b23-19-;. The van der Waals surface area contributed by atoms with Gasteiger partial charge in [-0.05, 0) is 35.9 Å². The summed E-state index contributed by atoms with van der Waals surface area (Å²) >= 11 is 12.0. The van der Waals surface area contributed by atoms with Crippen LogP contribution in [0.3, 0.4) is 0 Å². The quantitative estimate of drug-likeness (QED) is 0.367. The Morgan fingerprint density at radius 3 is 2.57 bits per heavy atom. The molecule has 11 heteroatoms. The molecule has 0 saturated heterocycles. The lowest BCUT2D eigenvalue weighted by molar-refractivity contribution is -0.706. The summed E-state index contributed by atoms with van der Waals surface area (Å²) < 4.78 is 7.88. The van der Waals surface area contributed by atoms with E-state index in [1.807, 2.05) is 59.7 Å². The van der Waals surface area contributed by atoms with Crippen molar-refractivity contribution < 1.29 is 19.2 Å². The van der Waals surface area contributed by atoms with Gasteiger partial charge in [-0.2, -0.15) is 0 Å². The van der Waals surface area contributed by atoms with Gasteiger partial charge < -0.3 is 24.9 Å². The number of hydrogen-bond donors (Lipinski definition) is 1. The minimum Gasteiger partial charge on any atom is -0.488 e. The number of aromatic amines is 1. The molecule has 0 spiro atoms. The number of H-pyrrole nitrogens is 1. The van der Waals surface area contributed by atoms with Crippen molar-refractivity contribution in [2.45, 2.75) is 12.6 Å². The fraction of sp³-hybridized carbons (Fsp3) is 0.158. The molecule has 0 radical (unpaired) electrons. The van der Waals surface area contributed by atoms with Crippen molar-refractivity contribution in [3.63, 3.8) is 0 Å². The van der Waals surface area contributed by atoms with Crippen molar-refractivity contribution in [1.82, 2.24) is 4.98 Å². The average molecular weight is 451 g/mol. The van der Waals surface area contributed by atoms with E-state index in [1.54, 1.807) is 6.07 Å². The van der Waals surface area contributed by atoms with Gasteiger partial charge in [0, 0.05) is 15.6 Å². The van der Waals surface area contributed by atoms with E-state index in [-0.39, 0.29) is 6.04 Å². The maximum Gasteiger partial charge on any atom is 0.242 e. The zero-order chi connectivity index (χ0) is 21.5. The van der Waals surface area contributed by atoms with E-state index in [1.165, 1.54) is 0 Å². The molecule has 1 unspecified atom stereocenters. The Morgan fingerprint density at radius 1 is 1.20 bits per heavy atom. The number of fused-ring (bicyclic) bond motifs is 1. The maximum atomic E-state index is 8.25. The largest absolute Gasteiger partial charge is 0.488 e. The second-order valence-electron chi connectivity index (χ2n) is 6.13. The predicted octanol–water partition coefficient (Wildman–Crippen LogP) is 3.92. The number of imidazole rings is 1. The van der Waals surface area contributed by atoms with Crippen LogP contribution in [-0.4, -0.2) is 22.4 Å². The summed E-state index contributed by atoms with van der Waals surface area (Å²) in [7, 11) is 0. The molecule has 4 rings (SSSR count). The fourth-order valence-corrected chi connectivity index (χ4v) is 3.13. The molecule has 2 aromatic carbocycles. The highest BCUT2D eigenvalue weighted by molar-refractivity contribution is 6.31. The number of benzene rings is 2. The molecule has 1 aromatic heterocycles. The van der Waals surface area contributed by atoms with Crippen LogP contribution >= 0.6 is 23.2 Å². The molecule has 1 N–H and O–H groups in total. The highest BCUT2D eigenvalue weighted by Gasteiger charge is 2.32. The van der Waals surface area contributed by atoms with Gasteiger partial charge in [0.05, 0.1) is 5.09 Å². The third kappa shape index (κ3) is 5.62. The molecule has 0 fully saturated rings. The van der Waals surface area contributed by atoms with Gasteiger partial charge in [-0.1, -0.05) is 40.5 Å². The molecule has 0 aliphatic carbocycles. The average Bonchev–Trinajstić information content (AvgIpc) is 3.23. The van der Waals surface area contributed by atoms with Gasteiger partial charge in [-0.25, -0.2) is 4.57 Å². The number of aromatic nitrogens is 2. The van der Waals surface area contributed by atoms with Crippen LogP contribution in [0.1, 0.15) is 17.2 Å². The minimum atomic E-state index is -1.75. The summed E-state index contributed by atoms with van der Waals surface area (Å²) in [4.78, 5) is 16.9. The van der Waals surface area contributed by atoms with E-state index >= 15 is 0 Å². The van der Waals surface area contributed by atoms with Gasteiger partial charge in [0.25, 0.3) is 0 Å². The van der Waals surface area contributed by atoms with E-state index in [0.29, 0.717) is 29.0 Å². The molecule has 0 bridgehead atoms. The lowest BCUT2D eigenvalue weighted by atomic mass is 10.00. The smallest absolute Gasteiger partial charge is 0.242 e. The zero-order valence-corrected chi connectivity index (χ0v) is 16.9. The van der Waals surface area contributed by atoms with Crippen LogP contribution in [-0.2, 0) is 11.4 Å². The monoisotopic (exact) mass is 450 g/mol. The van der Waals surface area contributed by atoms with Gasteiger partial charge in [-0.15, -0.1) is 0 Å². The molecule has 3 aromatic rings.